The molecule has 0 N–H and O–H groups in total. The molecule has 0 spiro atoms. The van der Waals surface area contributed by atoms with E-state index in [0.717, 1.165) is 11.6 Å². The van der Waals surface area contributed by atoms with Crippen LogP contribution in [0.3, 0.4) is 0 Å². The third-order valence-electron chi connectivity index (χ3n) is 2.72. The number of alkyl halides is 1. The van der Waals surface area contributed by atoms with E-state index in [-0.39, 0.29) is 0 Å². The van der Waals surface area contributed by atoms with Crippen molar-refractivity contribution in [2.45, 2.75) is 12.3 Å². The summed E-state index contributed by atoms with van der Waals surface area (Å²) in [6.07, 6.45) is 1.19. The van der Waals surface area contributed by atoms with Gasteiger partial charge in [0.15, 0.2) is 0 Å². The average Bonchev–Trinajstić information content (AvgIpc) is 2.96. The second-order valence-electron chi connectivity index (χ2n) is 3.65. The van der Waals surface area contributed by atoms with E-state index in [1.807, 2.05) is 12.1 Å². The number of rotatable bonds is 3. The summed E-state index contributed by atoms with van der Waals surface area (Å²) < 4.78 is 5.10. The first-order valence-electron chi connectivity index (χ1n) is 4.65. The lowest BCUT2D eigenvalue weighted by atomic mass is 10.1. The maximum atomic E-state index is 6.03. The van der Waals surface area contributed by atoms with Crippen molar-refractivity contribution >= 4 is 23.2 Å². The summed E-state index contributed by atoms with van der Waals surface area (Å²) in [4.78, 5) is 0. The summed E-state index contributed by atoms with van der Waals surface area (Å²) in [5.41, 5.74) is 1.28. The van der Waals surface area contributed by atoms with Gasteiger partial charge < -0.3 is 4.74 Å². The summed E-state index contributed by atoms with van der Waals surface area (Å²) in [7, 11) is 1.62. The summed E-state index contributed by atoms with van der Waals surface area (Å²) in [5, 5.41) is 0.685. The largest absolute Gasteiger partial charge is 0.495 e. The first-order chi connectivity index (χ1) is 6.76. The number of ether oxygens (including phenoxy) is 1. The van der Waals surface area contributed by atoms with Crippen LogP contribution in [0.25, 0.3) is 0 Å². The Morgan fingerprint density at radius 1 is 1.50 bits per heavy atom. The highest BCUT2D eigenvalue weighted by Crippen LogP contribution is 2.49. The summed E-state index contributed by atoms with van der Waals surface area (Å²) in [6, 6.07) is 5.97. The maximum absolute atomic E-state index is 6.03. The molecule has 1 aliphatic carbocycles. The second-order valence-corrected chi connectivity index (χ2v) is 4.37. The van der Waals surface area contributed by atoms with Crippen molar-refractivity contribution < 1.29 is 4.74 Å². The lowest BCUT2D eigenvalue weighted by Crippen LogP contribution is -1.88. The van der Waals surface area contributed by atoms with Crippen LogP contribution in [0.2, 0.25) is 5.02 Å². The van der Waals surface area contributed by atoms with Crippen LogP contribution < -0.4 is 4.74 Å². The standard InChI is InChI=1S/C11H12Cl2O/c1-14-11-3-2-7(5-10(11)13)9-4-8(9)6-12/h2-3,5,8-9H,4,6H2,1H3. The van der Waals surface area contributed by atoms with Crippen LogP contribution in [0, 0.1) is 5.92 Å². The van der Waals surface area contributed by atoms with Crippen molar-refractivity contribution in [1.29, 1.82) is 0 Å². The lowest BCUT2D eigenvalue weighted by molar-refractivity contribution is 0.415. The molecule has 3 heteroatoms. The molecule has 1 aliphatic rings. The molecule has 1 aromatic rings. The minimum atomic E-state index is 0.607. The Morgan fingerprint density at radius 3 is 2.79 bits per heavy atom. The Balaban J connectivity index is 2.17. The molecule has 1 saturated carbocycles. The zero-order valence-corrected chi connectivity index (χ0v) is 9.48. The molecule has 0 radical (unpaired) electrons. The predicted octanol–water partition coefficient (Wildman–Crippen LogP) is 3.69. The molecule has 2 rings (SSSR count). The van der Waals surface area contributed by atoms with Gasteiger partial charge in [-0.05, 0) is 36.0 Å². The zero-order chi connectivity index (χ0) is 10.1. The van der Waals surface area contributed by atoms with E-state index in [2.05, 4.69) is 6.07 Å². The minimum Gasteiger partial charge on any atom is -0.495 e. The topological polar surface area (TPSA) is 9.23 Å². The van der Waals surface area contributed by atoms with Crippen molar-refractivity contribution in [1.82, 2.24) is 0 Å². The van der Waals surface area contributed by atoms with Crippen LogP contribution in [0.15, 0.2) is 18.2 Å². The van der Waals surface area contributed by atoms with Crippen LogP contribution >= 0.6 is 23.2 Å². The van der Waals surface area contributed by atoms with Gasteiger partial charge in [0.05, 0.1) is 12.1 Å². The van der Waals surface area contributed by atoms with E-state index in [9.17, 15) is 0 Å². The van der Waals surface area contributed by atoms with E-state index < -0.39 is 0 Å². The lowest BCUT2D eigenvalue weighted by Gasteiger charge is -2.05. The number of halogens is 2. The van der Waals surface area contributed by atoms with E-state index in [4.69, 9.17) is 27.9 Å². The van der Waals surface area contributed by atoms with Gasteiger partial charge in [-0.15, -0.1) is 11.6 Å². The Kier molecular flexibility index (Phi) is 2.89. The van der Waals surface area contributed by atoms with Crippen molar-refractivity contribution in [2.75, 3.05) is 13.0 Å². The van der Waals surface area contributed by atoms with Crippen molar-refractivity contribution in [3.63, 3.8) is 0 Å². The van der Waals surface area contributed by atoms with Gasteiger partial charge >= 0.3 is 0 Å². The molecular formula is C11H12Cl2O. The van der Waals surface area contributed by atoms with Crippen LogP contribution in [0.1, 0.15) is 17.9 Å². The molecule has 1 nitrogen and oxygen atoms in total. The predicted molar refractivity (Wildman–Crippen MR) is 59.6 cm³/mol. The zero-order valence-electron chi connectivity index (χ0n) is 7.97. The highest BCUT2D eigenvalue weighted by atomic mass is 35.5. The molecular weight excluding hydrogens is 219 g/mol. The highest BCUT2D eigenvalue weighted by molar-refractivity contribution is 6.32. The van der Waals surface area contributed by atoms with Gasteiger partial charge in [0.1, 0.15) is 5.75 Å². The van der Waals surface area contributed by atoms with Crippen LogP contribution in [0.4, 0.5) is 0 Å². The third-order valence-corrected chi connectivity index (χ3v) is 3.42. The molecule has 0 bridgehead atoms. The Bertz CT molecular complexity index is 338. The molecule has 2 unspecified atom stereocenters. The molecule has 0 aromatic heterocycles. The number of benzene rings is 1. The third kappa shape index (κ3) is 1.84. The molecule has 1 fully saturated rings. The van der Waals surface area contributed by atoms with Gasteiger partial charge in [0.25, 0.3) is 0 Å². The molecule has 0 aliphatic heterocycles. The van der Waals surface area contributed by atoms with Gasteiger partial charge in [0, 0.05) is 5.88 Å². The van der Waals surface area contributed by atoms with Crippen LogP contribution in [-0.4, -0.2) is 13.0 Å². The Morgan fingerprint density at radius 2 is 2.29 bits per heavy atom. The Labute approximate surface area is 94.0 Å². The van der Waals surface area contributed by atoms with Gasteiger partial charge in [-0.25, -0.2) is 0 Å². The summed E-state index contributed by atoms with van der Waals surface area (Å²) in [5.74, 6) is 2.73. The SMILES string of the molecule is COc1ccc(C2CC2CCl)cc1Cl. The fourth-order valence-corrected chi connectivity index (χ4v) is 2.35. The highest BCUT2D eigenvalue weighted by Gasteiger charge is 2.37. The first-order valence-corrected chi connectivity index (χ1v) is 5.57. The molecule has 76 valence electrons. The van der Waals surface area contributed by atoms with Crippen molar-refractivity contribution in [3.05, 3.63) is 28.8 Å². The van der Waals surface area contributed by atoms with Crippen LogP contribution in [0.5, 0.6) is 5.75 Å². The molecule has 0 saturated heterocycles. The number of methoxy groups -OCH3 is 1. The Hall–Kier alpha value is -0.400. The molecule has 0 heterocycles. The van der Waals surface area contributed by atoms with E-state index in [0.29, 0.717) is 16.9 Å². The normalized spacial score (nSPS) is 24.8. The fourth-order valence-electron chi connectivity index (χ4n) is 1.74. The van der Waals surface area contributed by atoms with Gasteiger partial charge in [-0.2, -0.15) is 0 Å². The monoisotopic (exact) mass is 230 g/mol. The molecule has 14 heavy (non-hydrogen) atoms. The van der Waals surface area contributed by atoms with Gasteiger partial charge in [-0.3, -0.25) is 0 Å². The van der Waals surface area contributed by atoms with Crippen molar-refractivity contribution in [2.24, 2.45) is 5.92 Å². The van der Waals surface area contributed by atoms with Gasteiger partial charge in [0.2, 0.25) is 0 Å². The number of hydrogen-bond acceptors (Lipinski definition) is 1. The summed E-state index contributed by atoms with van der Waals surface area (Å²) in [6.45, 7) is 0. The average molecular weight is 231 g/mol. The number of hydrogen-bond donors (Lipinski definition) is 0. The quantitative estimate of drug-likeness (QED) is 0.721. The van der Waals surface area contributed by atoms with Gasteiger partial charge in [-0.1, -0.05) is 17.7 Å². The van der Waals surface area contributed by atoms with Crippen molar-refractivity contribution in [3.8, 4) is 5.75 Å². The van der Waals surface area contributed by atoms with E-state index in [1.54, 1.807) is 7.11 Å². The molecule has 2 atom stereocenters. The van der Waals surface area contributed by atoms with Crippen LogP contribution in [-0.2, 0) is 0 Å². The van der Waals surface area contributed by atoms with E-state index in [1.165, 1.54) is 12.0 Å². The smallest absolute Gasteiger partial charge is 0.137 e. The minimum absolute atomic E-state index is 0.607. The van der Waals surface area contributed by atoms with E-state index >= 15 is 0 Å². The maximum Gasteiger partial charge on any atom is 0.137 e. The molecule has 0 amide bonds. The summed E-state index contributed by atoms with van der Waals surface area (Å²) >= 11 is 11.8. The second kappa shape index (κ2) is 4.00. The first kappa shape index (κ1) is 10.1. The fraction of sp³-hybridized carbons (Fsp3) is 0.455. The molecule has 1 aromatic carbocycles.